The van der Waals surface area contributed by atoms with Crippen LogP contribution in [0.2, 0.25) is 0 Å². The van der Waals surface area contributed by atoms with E-state index in [9.17, 15) is 14.4 Å². The number of aromatic nitrogens is 3. The van der Waals surface area contributed by atoms with E-state index in [1.165, 1.54) is 30.1 Å². The number of aromatic carboxylic acids is 1. The fraction of sp³-hybridized carbons (Fsp3) is 0.267. The van der Waals surface area contributed by atoms with Crippen LogP contribution >= 0.6 is 0 Å². The fourth-order valence-electron chi connectivity index (χ4n) is 1.90. The number of carbonyl (C=O) groups excluding carboxylic acids is 2. The summed E-state index contributed by atoms with van der Waals surface area (Å²) in [4.78, 5) is 33.9. The van der Waals surface area contributed by atoms with Gasteiger partial charge in [0.05, 0.1) is 18.9 Å². The Labute approximate surface area is 131 Å². The number of hydrogen-bond donors (Lipinski definition) is 1. The SMILES string of the molecule is COC(=O)Cn1cc(C(=O)CCc2ccc(C(=O)O)cc2)nn1. The summed E-state index contributed by atoms with van der Waals surface area (Å²) in [5.74, 6) is -1.68. The van der Waals surface area contributed by atoms with Crippen molar-refractivity contribution < 1.29 is 24.2 Å². The second-order valence-corrected chi connectivity index (χ2v) is 4.80. The van der Waals surface area contributed by atoms with Gasteiger partial charge in [0.25, 0.3) is 0 Å². The second-order valence-electron chi connectivity index (χ2n) is 4.80. The second kappa shape index (κ2) is 7.30. The van der Waals surface area contributed by atoms with Crippen molar-refractivity contribution in [2.75, 3.05) is 7.11 Å². The molecule has 1 N–H and O–H groups in total. The van der Waals surface area contributed by atoms with Crippen LogP contribution in [0.3, 0.4) is 0 Å². The molecule has 0 saturated heterocycles. The number of Topliss-reactive ketones (excluding diaryl/α,β-unsaturated/α-hetero) is 1. The highest BCUT2D eigenvalue weighted by Crippen LogP contribution is 2.09. The number of aryl methyl sites for hydroxylation is 1. The Morgan fingerprint density at radius 2 is 1.91 bits per heavy atom. The van der Waals surface area contributed by atoms with Crippen LogP contribution in [0.5, 0.6) is 0 Å². The molecule has 1 heterocycles. The van der Waals surface area contributed by atoms with Crippen LogP contribution in [0.1, 0.15) is 32.8 Å². The monoisotopic (exact) mass is 317 g/mol. The number of ketones is 1. The number of methoxy groups -OCH3 is 1. The third-order valence-corrected chi connectivity index (χ3v) is 3.18. The van der Waals surface area contributed by atoms with Crippen LogP contribution in [0, 0.1) is 0 Å². The quantitative estimate of drug-likeness (QED) is 0.598. The number of carbonyl (C=O) groups is 3. The summed E-state index contributed by atoms with van der Waals surface area (Å²) in [7, 11) is 1.26. The van der Waals surface area contributed by atoms with Gasteiger partial charge in [0.15, 0.2) is 5.78 Å². The molecular formula is C15H15N3O5. The molecule has 2 aromatic rings. The summed E-state index contributed by atoms with van der Waals surface area (Å²) in [6, 6.07) is 6.33. The van der Waals surface area contributed by atoms with Gasteiger partial charge in [0.2, 0.25) is 0 Å². The van der Waals surface area contributed by atoms with E-state index in [0.717, 1.165) is 5.56 Å². The number of hydrogen-bond acceptors (Lipinski definition) is 6. The van der Waals surface area contributed by atoms with Crippen molar-refractivity contribution in [1.29, 1.82) is 0 Å². The number of rotatable bonds is 7. The highest BCUT2D eigenvalue weighted by Gasteiger charge is 2.13. The Morgan fingerprint density at radius 1 is 1.22 bits per heavy atom. The molecule has 1 aromatic carbocycles. The molecule has 0 unspecified atom stereocenters. The molecule has 0 fully saturated rings. The third-order valence-electron chi connectivity index (χ3n) is 3.18. The summed E-state index contributed by atoms with van der Waals surface area (Å²) in [5.41, 5.74) is 1.23. The molecule has 120 valence electrons. The Hall–Kier alpha value is -3.03. The fourth-order valence-corrected chi connectivity index (χ4v) is 1.90. The van der Waals surface area contributed by atoms with Crippen molar-refractivity contribution in [3.63, 3.8) is 0 Å². The van der Waals surface area contributed by atoms with Gasteiger partial charge >= 0.3 is 11.9 Å². The van der Waals surface area contributed by atoms with Gasteiger partial charge in [-0.25, -0.2) is 9.48 Å². The topological polar surface area (TPSA) is 111 Å². The number of carboxylic acids is 1. The van der Waals surface area contributed by atoms with Crippen molar-refractivity contribution in [2.24, 2.45) is 0 Å². The van der Waals surface area contributed by atoms with Crippen molar-refractivity contribution in [3.05, 3.63) is 47.3 Å². The zero-order valence-electron chi connectivity index (χ0n) is 12.4. The highest BCUT2D eigenvalue weighted by atomic mass is 16.5. The Kier molecular flexibility index (Phi) is 5.19. The first-order chi connectivity index (χ1) is 11.0. The van der Waals surface area contributed by atoms with Crippen molar-refractivity contribution in [2.45, 2.75) is 19.4 Å². The normalized spacial score (nSPS) is 10.3. The van der Waals surface area contributed by atoms with E-state index in [2.05, 4.69) is 15.0 Å². The number of carboxylic acid groups (broad SMARTS) is 1. The smallest absolute Gasteiger partial charge is 0.335 e. The lowest BCUT2D eigenvalue weighted by molar-refractivity contribution is -0.141. The highest BCUT2D eigenvalue weighted by molar-refractivity contribution is 5.94. The zero-order chi connectivity index (χ0) is 16.8. The standard InChI is InChI=1S/C15H15N3O5/c1-23-14(20)9-18-8-12(16-17-18)13(19)7-4-10-2-5-11(6-3-10)15(21)22/h2-3,5-6,8H,4,7,9H2,1H3,(H,21,22). The largest absolute Gasteiger partial charge is 0.478 e. The predicted molar refractivity (Wildman–Crippen MR) is 78.1 cm³/mol. The molecule has 1 aromatic heterocycles. The molecule has 2 rings (SSSR count). The van der Waals surface area contributed by atoms with Crippen LogP contribution in [-0.4, -0.2) is 44.9 Å². The van der Waals surface area contributed by atoms with Crippen molar-refractivity contribution in [1.82, 2.24) is 15.0 Å². The third kappa shape index (κ3) is 4.47. The van der Waals surface area contributed by atoms with Gasteiger partial charge in [-0.2, -0.15) is 0 Å². The average molecular weight is 317 g/mol. The molecular weight excluding hydrogens is 302 g/mol. The maximum atomic E-state index is 12.0. The molecule has 0 spiro atoms. The van der Waals surface area contributed by atoms with Gasteiger partial charge in [-0.1, -0.05) is 17.3 Å². The molecule has 23 heavy (non-hydrogen) atoms. The first-order valence-electron chi connectivity index (χ1n) is 6.82. The minimum absolute atomic E-state index is 0.104. The van der Waals surface area contributed by atoms with E-state index < -0.39 is 11.9 Å². The lowest BCUT2D eigenvalue weighted by Crippen LogP contribution is -2.11. The van der Waals surface area contributed by atoms with E-state index in [0.29, 0.717) is 6.42 Å². The van der Waals surface area contributed by atoms with Crippen LogP contribution < -0.4 is 0 Å². The predicted octanol–water partition coefficient (Wildman–Crippen LogP) is 0.965. The molecule has 0 saturated carbocycles. The first-order valence-corrected chi connectivity index (χ1v) is 6.82. The van der Waals surface area contributed by atoms with Gasteiger partial charge in [0.1, 0.15) is 12.2 Å². The maximum Gasteiger partial charge on any atom is 0.335 e. The van der Waals surface area contributed by atoms with Crippen LogP contribution in [0.25, 0.3) is 0 Å². The molecule has 0 amide bonds. The van der Waals surface area contributed by atoms with Gasteiger partial charge in [-0.15, -0.1) is 5.10 Å². The number of ether oxygens (including phenoxy) is 1. The van der Waals surface area contributed by atoms with E-state index >= 15 is 0 Å². The molecule has 0 aliphatic heterocycles. The summed E-state index contributed by atoms with van der Waals surface area (Å²) >= 11 is 0. The lowest BCUT2D eigenvalue weighted by atomic mass is 10.0. The van der Waals surface area contributed by atoms with E-state index in [1.54, 1.807) is 12.1 Å². The molecule has 0 bridgehead atoms. The Morgan fingerprint density at radius 3 is 2.52 bits per heavy atom. The van der Waals surface area contributed by atoms with E-state index in [4.69, 9.17) is 5.11 Å². The number of nitrogens with zero attached hydrogens (tertiary/aromatic N) is 3. The van der Waals surface area contributed by atoms with Gasteiger partial charge in [-0.05, 0) is 24.1 Å². The van der Waals surface area contributed by atoms with Crippen LogP contribution in [-0.2, 0) is 22.5 Å². The van der Waals surface area contributed by atoms with Crippen LogP contribution in [0.4, 0.5) is 0 Å². The molecule has 0 aliphatic carbocycles. The van der Waals surface area contributed by atoms with Gasteiger partial charge < -0.3 is 9.84 Å². The van der Waals surface area contributed by atoms with Crippen molar-refractivity contribution in [3.8, 4) is 0 Å². The molecule has 8 heteroatoms. The Balaban J connectivity index is 1.91. The van der Waals surface area contributed by atoms with Crippen molar-refractivity contribution >= 4 is 17.7 Å². The minimum atomic E-state index is -0.991. The Bertz CT molecular complexity index is 721. The maximum absolute atomic E-state index is 12.0. The van der Waals surface area contributed by atoms with E-state index in [1.807, 2.05) is 0 Å². The summed E-state index contributed by atoms with van der Waals surface area (Å²) in [6.07, 6.45) is 2.07. The zero-order valence-corrected chi connectivity index (χ0v) is 12.4. The average Bonchev–Trinajstić information content (AvgIpc) is 3.01. The first kappa shape index (κ1) is 16.3. The van der Waals surface area contributed by atoms with E-state index in [-0.39, 0.29) is 30.0 Å². The molecule has 0 aliphatic rings. The molecule has 0 atom stereocenters. The van der Waals surface area contributed by atoms with Crippen LogP contribution in [0.15, 0.2) is 30.5 Å². The summed E-state index contributed by atoms with van der Waals surface area (Å²) < 4.78 is 5.74. The van der Waals surface area contributed by atoms with Gasteiger partial charge in [0, 0.05) is 6.42 Å². The molecule has 8 nitrogen and oxygen atoms in total. The summed E-state index contributed by atoms with van der Waals surface area (Å²) in [6.45, 7) is -0.104. The number of esters is 1. The molecule has 0 radical (unpaired) electrons. The lowest BCUT2D eigenvalue weighted by Gasteiger charge is -2.00. The van der Waals surface area contributed by atoms with Gasteiger partial charge in [-0.3, -0.25) is 9.59 Å². The minimum Gasteiger partial charge on any atom is -0.478 e. The number of benzene rings is 1. The summed E-state index contributed by atoms with van der Waals surface area (Å²) in [5, 5.41) is 16.2.